The smallest absolute Gasteiger partial charge is 0.0725 e. The van der Waals surface area contributed by atoms with Gasteiger partial charge in [0.1, 0.15) is 0 Å². The SMILES string of the molecule is CN1CC(N2CCCCCC2)c2cccc(Cl)c2N1. The van der Waals surface area contributed by atoms with Crippen LogP contribution in [0, 0.1) is 0 Å². The molecule has 1 fully saturated rings. The molecule has 19 heavy (non-hydrogen) atoms. The second kappa shape index (κ2) is 5.70. The first-order valence-corrected chi connectivity index (χ1v) is 7.64. The van der Waals surface area contributed by atoms with Crippen molar-refractivity contribution in [1.82, 2.24) is 9.91 Å². The molecule has 2 heterocycles. The third-order valence-corrected chi connectivity index (χ3v) is 4.55. The highest BCUT2D eigenvalue weighted by Gasteiger charge is 2.29. The maximum absolute atomic E-state index is 6.34. The molecule has 0 bridgehead atoms. The molecule has 1 unspecified atom stereocenters. The maximum atomic E-state index is 6.34. The van der Waals surface area contributed by atoms with Gasteiger partial charge in [-0.05, 0) is 37.6 Å². The molecule has 0 radical (unpaired) electrons. The summed E-state index contributed by atoms with van der Waals surface area (Å²) >= 11 is 6.34. The van der Waals surface area contributed by atoms with E-state index in [1.165, 1.54) is 44.3 Å². The van der Waals surface area contributed by atoms with Crippen LogP contribution in [0.1, 0.15) is 37.3 Å². The van der Waals surface area contributed by atoms with Gasteiger partial charge in [-0.1, -0.05) is 36.6 Å². The van der Waals surface area contributed by atoms with Crippen LogP contribution < -0.4 is 5.43 Å². The van der Waals surface area contributed by atoms with Gasteiger partial charge in [0, 0.05) is 13.6 Å². The number of rotatable bonds is 1. The Kier molecular flexibility index (Phi) is 3.96. The number of fused-ring (bicyclic) bond motifs is 1. The van der Waals surface area contributed by atoms with Crippen molar-refractivity contribution in [1.29, 1.82) is 0 Å². The molecule has 0 spiro atoms. The first-order valence-electron chi connectivity index (χ1n) is 7.26. The van der Waals surface area contributed by atoms with Crippen LogP contribution in [-0.2, 0) is 0 Å². The zero-order valence-corrected chi connectivity index (χ0v) is 12.3. The van der Waals surface area contributed by atoms with E-state index in [9.17, 15) is 0 Å². The minimum atomic E-state index is 0.470. The average Bonchev–Trinajstić information content (AvgIpc) is 2.68. The zero-order valence-electron chi connectivity index (χ0n) is 11.5. The lowest BCUT2D eigenvalue weighted by Crippen LogP contribution is -2.43. The molecule has 1 N–H and O–H groups in total. The molecule has 1 atom stereocenters. The van der Waals surface area contributed by atoms with Crippen molar-refractivity contribution >= 4 is 17.3 Å². The zero-order chi connectivity index (χ0) is 13.2. The third-order valence-electron chi connectivity index (χ3n) is 4.24. The predicted molar refractivity (Wildman–Crippen MR) is 80.5 cm³/mol. The second-order valence-electron chi connectivity index (χ2n) is 5.66. The first-order chi connectivity index (χ1) is 9.25. The molecule has 1 aromatic rings. The Labute approximate surface area is 120 Å². The molecule has 0 amide bonds. The Morgan fingerprint density at radius 3 is 2.63 bits per heavy atom. The monoisotopic (exact) mass is 279 g/mol. The summed E-state index contributed by atoms with van der Waals surface area (Å²) in [6, 6.07) is 6.72. The van der Waals surface area contributed by atoms with Crippen molar-refractivity contribution in [3.8, 4) is 0 Å². The summed E-state index contributed by atoms with van der Waals surface area (Å²) in [4.78, 5) is 2.64. The quantitative estimate of drug-likeness (QED) is 0.848. The van der Waals surface area contributed by atoms with Crippen molar-refractivity contribution < 1.29 is 0 Å². The fourth-order valence-electron chi connectivity index (χ4n) is 3.25. The van der Waals surface area contributed by atoms with Gasteiger partial charge in [0.15, 0.2) is 0 Å². The van der Waals surface area contributed by atoms with E-state index in [0.29, 0.717) is 6.04 Å². The number of nitrogens with zero attached hydrogens (tertiary/aromatic N) is 2. The molecule has 3 nitrogen and oxygen atoms in total. The minimum absolute atomic E-state index is 0.470. The average molecular weight is 280 g/mol. The van der Waals surface area contributed by atoms with Gasteiger partial charge in [-0.2, -0.15) is 0 Å². The van der Waals surface area contributed by atoms with Gasteiger partial charge in [0.2, 0.25) is 0 Å². The van der Waals surface area contributed by atoms with E-state index in [1.54, 1.807) is 0 Å². The standard InChI is InChI=1S/C15H22ClN3/c1-18-11-14(19-9-4-2-3-5-10-19)12-7-6-8-13(16)15(12)17-18/h6-8,14,17H,2-5,9-11H2,1H3. The molecular formula is C15H22ClN3. The van der Waals surface area contributed by atoms with Crippen molar-refractivity contribution in [2.45, 2.75) is 31.7 Å². The highest BCUT2D eigenvalue weighted by atomic mass is 35.5. The van der Waals surface area contributed by atoms with E-state index in [4.69, 9.17) is 11.6 Å². The minimum Gasteiger partial charge on any atom is -0.317 e. The van der Waals surface area contributed by atoms with Crippen molar-refractivity contribution in [3.05, 3.63) is 28.8 Å². The van der Waals surface area contributed by atoms with E-state index in [-0.39, 0.29) is 0 Å². The summed E-state index contributed by atoms with van der Waals surface area (Å²) in [7, 11) is 2.09. The number of hydrogen-bond donors (Lipinski definition) is 1. The molecule has 0 aliphatic carbocycles. The van der Waals surface area contributed by atoms with Gasteiger partial charge >= 0.3 is 0 Å². The Balaban J connectivity index is 1.91. The van der Waals surface area contributed by atoms with E-state index in [0.717, 1.165) is 17.3 Å². The molecular weight excluding hydrogens is 258 g/mol. The van der Waals surface area contributed by atoms with Crippen LogP contribution in [0.3, 0.4) is 0 Å². The van der Waals surface area contributed by atoms with Crippen LogP contribution in [0.2, 0.25) is 5.02 Å². The van der Waals surface area contributed by atoms with Crippen molar-refractivity contribution in [3.63, 3.8) is 0 Å². The summed E-state index contributed by atoms with van der Waals surface area (Å²) in [6.45, 7) is 3.45. The van der Waals surface area contributed by atoms with E-state index < -0.39 is 0 Å². The molecule has 1 saturated heterocycles. The van der Waals surface area contributed by atoms with Crippen molar-refractivity contribution in [2.24, 2.45) is 0 Å². The summed E-state index contributed by atoms with van der Waals surface area (Å²) in [5.41, 5.74) is 5.83. The lowest BCUT2D eigenvalue weighted by Gasteiger charge is -2.40. The lowest BCUT2D eigenvalue weighted by molar-refractivity contribution is 0.159. The van der Waals surface area contributed by atoms with Crippen LogP contribution in [0.5, 0.6) is 0 Å². The molecule has 2 aliphatic heterocycles. The topological polar surface area (TPSA) is 18.5 Å². The Morgan fingerprint density at radius 1 is 1.16 bits per heavy atom. The van der Waals surface area contributed by atoms with Gasteiger partial charge in [-0.25, -0.2) is 5.01 Å². The normalized spacial score (nSPS) is 25.5. The predicted octanol–water partition coefficient (Wildman–Crippen LogP) is 3.53. The van der Waals surface area contributed by atoms with Crippen LogP contribution in [0.25, 0.3) is 0 Å². The summed E-state index contributed by atoms with van der Waals surface area (Å²) in [5.74, 6) is 0. The highest BCUT2D eigenvalue weighted by Crippen LogP contribution is 2.37. The number of nitrogens with one attached hydrogen (secondary N) is 1. The summed E-state index contributed by atoms with van der Waals surface area (Å²) < 4.78 is 0. The molecule has 4 heteroatoms. The van der Waals surface area contributed by atoms with Gasteiger partial charge in [0.25, 0.3) is 0 Å². The number of para-hydroxylation sites is 1. The fraction of sp³-hybridized carbons (Fsp3) is 0.600. The van der Waals surface area contributed by atoms with Crippen molar-refractivity contribution in [2.75, 3.05) is 32.1 Å². The number of likely N-dealkylation sites (tertiary alicyclic amines) is 1. The first kappa shape index (κ1) is 13.2. The molecule has 1 aromatic carbocycles. The summed E-state index contributed by atoms with van der Waals surface area (Å²) in [6.07, 6.45) is 5.40. The molecule has 104 valence electrons. The number of anilines is 1. The molecule has 2 aliphatic rings. The van der Waals surface area contributed by atoms with Gasteiger partial charge in [0.05, 0.1) is 16.8 Å². The van der Waals surface area contributed by atoms with Crippen LogP contribution in [0.4, 0.5) is 5.69 Å². The fourth-order valence-corrected chi connectivity index (χ4v) is 3.47. The number of likely N-dealkylation sites (N-methyl/N-ethyl adjacent to an activating group) is 1. The second-order valence-corrected chi connectivity index (χ2v) is 6.07. The van der Waals surface area contributed by atoms with Crippen LogP contribution in [0.15, 0.2) is 18.2 Å². The van der Waals surface area contributed by atoms with E-state index in [1.807, 2.05) is 6.07 Å². The number of hydrogen-bond acceptors (Lipinski definition) is 3. The van der Waals surface area contributed by atoms with E-state index >= 15 is 0 Å². The largest absolute Gasteiger partial charge is 0.317 e. The van der Waals surface area contributed by atoms with Gasteiger partial charge in [-0.15, -0.1) is 0 Å². The van der Waals surface area contributed by atoms with Crippen LogP contribution >= 0.6 is 11.6 Å². The molecule has 3 rings (SSSR count). The Bertz CT molecular complexity index is 441. The molecule has 0 aromatic heterocycles. The van der Waals surface area contributed by atoms with E-state index in [2.05, 4.69) is 34.5 Å². The number of benzene rings is 1. The van der Waals surface area contributed by atoms with Gasteiger partial charge in [-0.3, -0.25) is 4.90 Å². The van der Waals surface area contributed by atoms with Crippen LogP contribution in [-0.4, -0.2) is 36.6 Å². The maximum Gasteiger partial charge on any atom is 0.0725 e. The number of hydrazine groups is 1. The third kappa shape index (κ3) is 2.73. The lowest BCUT2D eigenvalue weighted by atomic mass is 10.0. The number of halogens is 1. The highest BCUT2D eigenvalue weighted by molar-refractivity contribution is 6.33. The summed E-state index contributed by atoms with van der Waals surface area (Å²) in [5, 5.41) is 2.98. The Hall–Kier alpha value is -0.770. The Morgan fingerprint density at radius 2 is 1.89 bits per heavy atom. The molecule has 0 saturated carbocycles. The van der Waals surface area contributed by atoms with Gasteiger partial charge < -0.3 is 5.43 Å².